The van der Waals surface area contributed by atoms with Gasteiger partial charge in [0.2, 0.25) is 0 Å². The lowest BCUT2D eigenvalue weighted by Crippen LogP contribution is -2.17. The Morgan fingerprint density at radius 1 is 0.853 bits per heavy atom. The summed E-state index contributed by atoms with van der Waals surface area (Å²) in [6.45, 7) is 5.16. The number of fused-ring (bicyclic) bond motifs is 1. The van der Waals surface area contributed by atoms with Gasteiger partial charge in [-0.15, -0.1) is 0 Å². The fourth-order valence-corrected chi connectivity index (χ4v) is 4.06. The van der Waals surface area contributed by atoms with E-state index in [1.807, 2.05) is 12.1 Å². The number of aliphatic hydroxyl groups is 2. The summed E-state index contributed by atoms with van der Waals surface area (Å²) in [5.74, 6) is -0.970. The summed E-state index contributed by atoms with van der Waals surface area (Å²) in [6, 6.07) is 21.6. The SMILES string of the molecule is C=C(CO)C(=O)OCC(CO)c1ccc2cc(CCc3ccc(CCCCC)cc3)ccc2c1. The van der Waals surface area contributed by atoms with E-state index in [-0.39, 0.29) is 24.7 Å². The molecule has 4 heteroatoms. The number of benzene rings is 3. The van der Waals surface area contributed by atoms with Crippen molar-refractivity contribution < 1.29 is 19.7 Å². The minimum Gasteiger partial charge on any atom is -0.462 e. The van der Waals surface area contributed by atoms with Gasteiger partial charge in [-0.2, -0.15) is 0 Å². The van der Waals surface area contributed by atoms with E-state index in [4.69, 9.17) is 9.84 Å². The number of aryl methyl sites for hydroxylation is 3. The normalized spacial score (nSPS) is 12.0. The predicted molar refractivity (Wildman–Crippen MR) is 138 cm³/mol. The van der Waals surface area contributed by atoms with Crippen LogP contribution in [0.1, 0.15) is 54.4 Å². The van der Waals surface area contributed by atoms with E-state index in [1.165, 1.54) is 36.0 Å². The smallest absolute Gasteiger partial charge is 0.335 e. The van der Waals surface area contributed by atoms with Gasteiger partial charge in [-0.25, -0.2) is 4.79 Å². The minimum absolute atomic E-state index is 0.00523. The van der Waals surface area contributed by atoms with Crippen molar-refractivity contribution >= 4 is 16.7 Å². The van der Waals surface area contributed by atoms with Crippen molar-refractivity contribution in [3.63, 3.8) is 0 Å². The predicted octanol–water partition coefficient (Wildman–Crippen LogP) is 5.53. The van der Waals surface area contributed by atoms with Gasteiger partial charge >= 0.3 is 5.97 Å². The third kappa shape index (κ3) is 7.28. The van der Waals surface area contributed by atoms with E-state index >= 15 is 0 Å². The molecular formula is C30H36O4. The highest BCUT2D eigenvalue weighted by Gasteiger charge is 2.15. The summed E-state index contributed by atoms with van der Waals surface area (Å²) in [4.78, 5) is 11.7. The van der Waals surface area contributed by atoms with Crippen LogP contribution < -0.4 is 0 Å². The summed E-state index contributed by atoms with van der Waals surface area (Å²) in [5, 5.41) is 21.0. The summed E-state index contributed by atoms with van der Waals surface area (Å²) >= 11 is 0. The molecule has 0 aliphatic heterocycles. The summed E-state index contributed by atoms with van der Waals surface area (Å²) in [7, 11) is 0. The van der Waals surface area contributed by atoms with Crippen LogP contribution in [0.3, 0.4) is 0 Å². The molecule has 0 bridgehead atoms. The van der Waals surface area contributed by atoms with Gasteiger partial charge in [0.15, 0.2) is 0 Å². The fraction of sp³-hybridized carbons (Fsp3) is 0.367. The number of hydrogen-bond acceptors (Lipinski definition) is 4. The number of carbonyl (C=O) groups excluding carboxylic acids is 1. The van der Waals surface area contributed by atoms with Crippen LogP contribution >= 0.6 is 0 Å². The molecule has 0 amide bonds. The molecule has 1 unspecified atom stereocenters. The van der Waals surface area contributed by atoms with Crippen LogP contribution in [0, 0.1) is 0 Å². The van der Waals surface area contributed by atoms with E-state index in [0.29, 0.717) is 0 Å². The molecule has 0 saturated carbocycles. The number of rotatable bonds is 13. The highest BCUT2D eigenvalue weighted by Crippen LogP contribution is 2.24. The molecule has 4 nitrogen and oxygen atoms in total. The minimum atomic E-state index is -0.641. The van der Waals surface area contributed by atoms with Crippen LogP contribution in [0.2, 0.25) is 0 Å². The van der Waals surface area contributed by atoms with E-state index in [1.54, 1.807) is 0 Å². The van der Waals surface area contributed by atoms with Crippen molar-refractivity contribution in [1.29, 1.82) is 0 Å². The zero-order valence-corrected chi connectivity index (χ0v) is 20.1. The topological polar surface area (TPSA) is 66.8 Å². The number of carbonyl (C=O) groups is 1. The first-order valence-corrected chi connectivity index (χ1v) is 12.2. The van der Waals surface area contributed by atoms with Crippen LogP contribution in [0.15, 0.2) is 72.8 Å². The highest BCUT2D eigenvalue weighted by molar-refractivity contribution is 5.88. The lowest BCUT2D eigenvalue weighted by Gasteiger charge is -2.16. The Hall–Kier alpha value is -2.95. The Balaban J connectivity index is 1.60. The molecular weight excluding hydrogens is 424 g/mol. The Labute approximate surface area is 202 Å². The first-order chi connectivity index (χ1) is 16.5. The summed E-state index contributed by atoms with van der Waals surface area (Å²) in [5.41, 5.74) is 4.99. The van der Waals surface area contributed by atoms with E-state index in [9.17, 15) is 9.90 Å². The van der Waals surface area contributed by atoms with Crippen molar-refractivity contribution in [2.45, 2.75) is 51.4 Å². The van der Waals surface area contributed by atoms with Gasteiger partial charge in [0.25, 0.3) is 0 Å². The van der Waals surface area contributed by atoms with Crippen molar-refractivity contribution in [2.24, 2.45) is 0 Å². The number of unbranched alkanes of at least 4 members (excludes halogenated alkanes) is 2. The van der Waals surface area contributed by atoms with Crippen molar-refractivity contribution in [1.82, 2.24) is 0 Å². The average Bonchev–Trinajstić information content (AvgIpc) is 2.88. The van der Waals surface area contributed by atoms with Gasteiger partial charge in [-0.3, -0.25) is 0 Å². The van der Waals surface area contributed by atoms with Gasteiger partial charge in [0, 0.05) is 5.92 Å². The number of ether oxygens (including phenoxy) is 1. The average molecular weight is 461 g/mol. The Kier molecular flexibility index (Phi) is 9.87. The molecule has 0 aliphatic rings. The van der Waals surface area contributed by atoms with E-state index in [2.05, 4.69) is 62.0 Å². The van der Waals surface area contributed by atoms with Gasteiger partial charge in [0.1, 0.15) is 6.61 Å². The first-order valence-electron chi connectivity index (χ1n) is 12.2. The summed E-state index contributed by atoms with van der Waals surface area (Å²) < 4.78 is 5.18. The fourth-order valence-electron chi connectivity index (χ4n) is 4.06. The molecule has 3 rings (SSSR count). The van der Waals surface area contributed by atoms with Crippen LogP contribution in [0.25, 0.3) is 10.8 Å². The first kappa shape index (κ1) is 25.7. The Bertz CT molecular complexity index is 1080. The second-order valence-electron chi connectivity index (χ2n) is 8.95. The number of esters is 1. The van der Waals surface area contributed by atoms with Crippen LogP contribution in [-0.4, -0.2) is 36.0 Å². The lowest BCUT2D eigenvalue weighted by molar-refractivity contribution is -0.140. The van der Waals surface area contributed by atoms with Crippen molar-refractivity contribution in [3.05, 3.63) is 95.1 Å². The molecule has 180 valence electrons. The zero-order chi connectivity index (χ0) is 24.3. The maximum absolute atomic E-state index is 11.7. The largest absolute Gasteiger partial charge is 0.462 e. The Morgan fingerprint density at radius 2 is 1.47 bits per heavy atom. The standard InChI is InChI=1S/C30H36O4/c1-3-4-5-6-23-7-9-24(10-8-23)11-12-25-13-14-27-18-28(16-15-26(27)17-25)29(20-32)21-34-30(33)22(2)19-31/h7-10,13-18,29,31-32H,2-6,11-12,19-21H2,1H3. The number of hydrogen-bond donors (Lipinski definition) is 2. The second kappa shape index (κ2) is 13.1. The van der Waals surface area contributed by atoms with Crippen LogP contribution in [-0.2, 0) is 28.8 Å². The quantitative estimate of drug-likeness (QED) is 0.200. The maximum Gasteiger partial charge on any atom is 0.335 e. The van der Waals surface area contributed by atoms with Crippen LogP contribution in [0.4, 0.5) is 0 Å². The van der Waals surface area contributed by atoms with Crippen molar-refractivity contribution in [2.75, 3.05) is 19.8 Å². The maximum atomic E-state index is 11.7. The third-order valence-electron chi connectivity index (χ3n) is 6.31. The van der Waals surface area contributed by atoms with E-state index in [0.717, 1.165) is 35.6 Å². The molecule has 2 N–H and O–H groups in total. The monoisotopic (exact) mass is 460 g/mol. The molecule has 1 atom stereocenters. The second-order valence-corrected chi connectivity index (χ2v) is 8.95. The molecule has 0 spiro atoms. The van der Waals surface area contributed by atoms with Gasteiger partial charge in [0.05, 0.1) is 18.8 Å². The van der Waals surface area contributed by atoms with Gasteiger partial charge in [-0.05, 0) is 58.7 Å². The molecule has 0 heterocycles. The lowest BCUT2D eigenvalue weighted by atomic mass is 9.95. The van der Waals surface area contributed by atoms with Gasteiger partial charge in [-0.1, -0.05) is 87.0 Å². The van der Waals surface area contributed by atoms with Crippen LogP contribution in [0.5, 0.6) is 0 Å². The molecule has 34 heavy (non-hydrogen) atoms. The van der Waals surface area contributed by atoms with Crippen molar-refractivity contribution in [3.8, 4) is 0 Å². The highest BCUT2D eigenvalue weighted by atomic mass is 16.5. The van der Waals surface area contributed by atoms with E-state index < -0.39 is 12.6 Å². The molecule has 0 aliphatic carbocycles. The molecule has 0 fully saturated rings. The molecule has 0 saturated heterocycles. The Morgan fingerprint density at radius 3 is 2.15 bits per heavy atom. The molecule has 3 aromatic rings. The molecule has 3 aromatic carbocycles. The third-order valence-corrected chi connectivity index (χ3v) is 6.31. The zero-order valence-electron chi connectivity index (χ0n) is 20.1. The molecule has 0 aromatic heterocycles. The molecule has 0 radical (unpaired) electrons. The number of aliphatic hydroxyl groups excluding tert-OH is 2. The van der Waals surface area contributed by atoms with Gasteiger partial charge < -0.3 is 14.9 Å². The summed E-state index contributed by atoms with van der Waals surface area (Å²) in [6.07, 6.45) is 6.97.